The molecule has 4 nitrogen and oxygen atoms in total. The Bertz CT molecular complexity index is 799. The molecule has 1 fully saturated rings. The van der Waals surface area contributed by atoms with Crippen molar-refractivity contribution in [2.45, 2.75) is 12.2 Å². The van der Waals surface area contributed by atoms with Crippen molar-refractivity contribution in [1.82, 2.24) is 10.2 Å². The van der Waals surface area contributed by atoms with Crippen molar-refractivity contribution in [1.29, 1.82) is 0 Å². The second-order valence-corrected chi connectivity index (χ2v) is 6.20. The maximum absolute atomic E-state index is 13.6. The van der Waals surface area contributed by atoms with Crippen molar-refractivity contribution in [3.05, 3.63) is 65.5 Å². The normalized spacial score (nSPS) is 17.0. The van der Waals surface area contributed by atoms with Gasteiger partial charge < -0.3 is 15.0 Å². The smallest absolute Gasteiger partial charge is 0.422 e. The molecule has 9 heteroatoms. The van der Waals surface area contributed by atoms with Crippen LogP contribution in [-0.2, 0) is 0 Å². The zero-order chi connectivity index (χ0) is 19.4. The minimum atomic E-state index is -4.42. The lowest BCUT2D eigenvalue weighted by atomic mass is 10.0. The molecule has 1 N–H and O–H groups in total. The minimum absolute atomic E-state index is 0. The standard InChI is InChI=1S/C19H18F4N2O2.ClH/c20-15-3-1-2-14(10-15)17-11-24-8-9-25(17)18(26)13-4-6-16(7-5-13)27-12-19(21,22)23;/h1-7,10,17,24H,8-9,11-12H2;1H. The molecular formula is C19H19ClF4N2O2. The number of amides is 1. The number of piperazine rings is 1. The first-order valence-corrected chi connectivity index (χ1v) is 8.40. The summed E-state index contributed by atoms with van der Waals surface area (Å²) < 4.78 is 54.8. The first-order chi connectivity index (χ1) is 12.8. The van der Waals surface area contributed by atoms with Crippen molar-refractivity contribution in [2.75, 3.05) is 26.2 Å². The Morgan fingerprint density at radius 3 is 2.54 bits per heavy atom. The van der Waals surface area contributed by atoms with Crippen LogP contribution in [0.15, 0.2) is 48.5 Å². The van der Waals surface area contributed by atoms with Crippen LogP contribution in [0.25, 0.3) is 0 Å². The molecule has 1 heterocycles. The van der Waals surface area contributed by atoms with Crippen LogP contribution in [0.5, 0.6) is 5.75 Å². The molecule has 0 spiro atoms. The van der Waals surface area contributed by atoms with Gasteiger partial charge in [-0.05, 0) is 42.0 Å². The number of alkyl halides is 3. The second-order valence-electron chi connectivity index (χ2n) is 6.20. The maximum atomic E-state index is 13.6. The van der Waals surface area contributed by atoms with E-state index in [2.05, 4.69) is 10.1 Å². The van der Waals surface area contributed by atoms with Crippen LogP contribution in [0.3, 0.4) is 0 Å². The molecule has 3 rings (SSSR count). The molecule has 1 unspecified atom stereocenters. The Hall–Kier alpha value is -2.32. The van der Waals surface area contributed by atoms with E-state index in [1.54, 1.807) is 17.0 Å². The van der Waals surface area contributed by atoms with Crippen molar-refractivity contribution < 1.29 is 27.1 Å². The minimum Gasteiger partial charge on any atom is -0.484 e. The molecule has 28 heavy (non-hydrogen) atoms. The van der Waals surface area contributed by atoms with E-state index < -0.39 is 12.8 Å². The summed E-state index contributed by atoms with van der Waals surface area (Å²) in [7, 11) is 0. The molecule has 1 atom stereocenters. The van der Waals surface area contributed by atoms with Gasteiger partial charge in [0, 0.05) is 25.2 Å². The Kier molecular flexibility index (Phi) is 7.26. The van der Waals surface area contributed by atoms with Crippen LogP contribution in [0.4, 0.5) is 17.6 Å². The lowest BCUT2D eigenvalue weighted by molar-refractivity contribution is -0.153. The van der Waals surface area contributed by atoms with Gasteiger partial charge in [-0.25, -0.2) is 4.39 Å². The van der Waals surface area contributed by atoms with E-state index in [-0.39, 0.29) is 35.9 Å². The number of halogens is 5. The first kappa shape index (κ1) is 22.0. The van der Waals surface area contributed by atoms with Crippen LogP contribution < -0.4 is 10.1 Å². The molecule has 152 valence electrons. The molecule has 2 aromatic carbocycles. The summed E-state index contributed by atoms with van der Waals surface area (Å²) in [5.74, 6) is -0.615. The predicted molar refractivity (Wildman–Crippen MR) is 98.3 cm³/mol. The number of nitrogens with one attached hydrogen (secondary N) is 1. The fourth-order valence-electron chi connectivity index (χ4n) is 2.98. The number of hydrogen-bond donors (Lipinski definition) is 1. The van der Waals surface area contributed by atoms with Gasteiger partial charge in [0.2, 0.25) is 0 Å². The topological polar surface area (TPSA) is 41.6 Å². The van der Waals surface area contributed by atoms with Gasteiger partial charge in [0.05, 0.1) is 6.04 Å². The van der Waals surface area contributed by atoms with Crippen molar-refractivity contribution >= 4 is 18.3 Å². The zero-order valence-corrected chi connectivity index (χ0v) is 15.5. The fraction of sp³-hybridized carbons (Fsp3) is 0.316. The van der Waals surface area contributed by atoms with Gasteiger partial charge in [0.1, 0.15) is 11.6 Å². The average Bonchev–Trinajstić information content (AvgIpc) is 2.66. The maximum Gasteiger partial charge on any atom is 0.422 e. The Labute approximate surface area is 165 Å². The highest BCUT2D eigenvalue weighted by Crippen LogP contribution is 2.26. The molecule has 0 radical (unpaired) electrons. The highest BCUT2D eigenvalue weighted by Gasteiger charge is 2.30. The van der Waals surface area contributed by atoms with Gasteiger partial charge in [-0.2, -0.15) is 13.2 Å². The predicted octanol–water partition coefficient (Wildman–Crippen LogP) is 3.98. The molecule has 1 aliphatic heterocycles. The lowest BCUT2D eigenvalue weighted by Gasteiger charge is -2.36. The zero-order valence-electron chi connectivity index (χ0n) is 14.7. The highest BCUT2D eigenvalue weighted by molar-refractivity contribution is 5.94. The van der Waals surface area contributed by atoms with Gasteiger partial charge in [-0.1, -0.05) is 12.1 Å². The molecular weight excluding hydrogens is 400 g/mol. The van der Waals surface area contributed by atoms with E-state index in [0.29, 0.717) is 30.8 Å². The van der Waals surface area contributed by atoms with E-state index in [1.165, 1.54) is 36.4 Å². The first-order valence-electron chi connectivity index (χ1n) is 8.40. The lowest BCUT2D eigenvalue weighted by Crippen LogP contribution is -2.48. The molecule has 0 aliphatic carbocycles. The third-order valence-corrected chi connectivity index (χ3v) is 4.24. The van der Waals surface area contributed by atoms with Gasteiger partial charge >= 0.3 is 6.18 Å². The number of benzene rings is 2. The Morgan fingerprint density at radius 1 is 1.18 bits per heavy atom. The average molecular weight is 419 g/mol. The number of carbonyl (C=O) groups is 1. The van der Waals surface area contributed by atoms with Crippen molar-refractivity contribution in [2.24, 2.45) is 0 Å². The summed E-state index contributed by atoms with van der Waals surface area (Å²) in [5.41, 5.74) is 1.01. The van der Waals surface area contributed by atoms with E-state index in [0.717, 1.165) is 0 Å². The summed E-state index contributed by atoms with van der Waals surface area (Å²) in [5, 5.41) is 3.19. The molecule has 0 aromatic heterocycles. The third kappa shape index (κ3) is 5.59. The van der Waals surface area contributed by atoms with E-state index in [4.69, 9.17) is 0 Å². The Morgan fingerprint density at radius 2 is 1.89 bits per heavy atom. The van der Waals surface area contributed by atoms with Crippen molar-refractivity contribution in [3.8, 4) is 5.75 Å². The summed E-state index contributed by atoms with van der Waals surface area (Å²) in [4.78, 5) is 14.5. The molecule has 0 saturated carbocycles. The summed E-state index contributed by atoms with van der Waals surface area (Å²) >= 11 is 0. The summed E-state index contributed by atoms with van der Waals surface area (Å²) in [6, 6.07) is 11.3. The van der Waals surface area contributed by atoms with Crippen LogP contribution >= 0.6 is 12.4 Å². The molecule has 1 aliphatic rings. The van der Waals surface area contributed by atoms with E-state index in [9.17, 15) is 22.4 Å². The van der Waals surface area contributed by atoms with Crippen LogP contribution in [0, 0.1) is 5.82 Å². The SMILES string of the molecule is Cl.O=C(c1ccc(OCC(F)(F)F)cc1)N1CCNCC1c1cccc(F)c1. The molecule has 1 saturated heterocycles. The van der Waals surface area contributed by atoms with Gasteiger partial charge in [-0.3, -0.25) is 4.79 Å². The van der Waals surface area contributed by atoms with Crippen LogP contribution in [-0.4, -0.2) is 43.2 Å². The molecule has 0 bridgehead atoms. The fourth-order valence-corrected chi connectivity index (χ4v) is 2.98. The summed E-state index contributed by atoms with van der Waals surface area (Å²) in [6.45, 7) is 0.137. The van der Waals surface area contributed by atoms with Crippen molar-refractivity contribution in [3.63, 3.8) is 0 Å². The second kappa shape index (κ2) is 9.25. The monoisotopic (exact) mass is 418 g/mol. The highest BCUT2D eigenvalue weighted by atomic mass is 35.5. The van der Waals surface area contributed by atoms with Crippen LogP contribution in [0.1, 0.15) is 22.0 Å². The van der Waals surface area contributed by atoms with Gasteiger partial charge in [-0.15, -0.1) is 12.4 Å². The number of ether oxygens (including phenoxy) is 1. The van der Waals surface area contributed by atoms with E-state index in [1.807, 2.05) is 0 Å². The molecule has 1 amide bonds. The third-order valence-electron chi connectivity index (χ3n) is 4.24. The largest absolute Gasteiger partial charge is 0.484 e. The molecule has 2 aromatic rings. The number of rotatable bonds is 4. The Balaban J connectivity index is 0.00000280. The quantitative estimate of drug-likeness (QED) is 0.764. The number of nitrogens with zero attached hydrogens (tertiary/aromatic N) is 1. The van der Waals surface area contributed by atoms with E-state index >= 15 is 0 Å². The van der Waals surface area contributed by atoms with Crippen LogP contribution in [0.2, 0.25) is 0 Å². The van der Waals surface area contributed by atoms with Gasteiger partial charge in [0.25, 0.3) is 5.91 Å². The summed E-state index contributed by atoms with van der Waals surface area (Å²) in [6.07, 6.45) is -4.42. The number of carbonyl (C=O) groups excluding carboxylic acids is 1. The van der Waals surface area contributed by atoms with Gasteiger partial charge in [0.15, 0.2) is 6.61 Å². The number of hydrogen-bond acceptors (Lipinski definition) is 3.